The number of hydrogen-bond donors (Lipinski definition) is 1. The normalized spacial score (nSPS) is 45.9. The summed E-state index contributed by atoms with van der Waals surface area (Å²) in [5.74, 6) is 1.54. The molecule has 0 saturated carbocycles. The molecule has 3 unspecified atom stereocenters. The fraction of sp³-hybridized carbons (Fsp3) is 0.909. The van der Waals surface area contributed by atoms with E-state index in [1.165, 1.54) is 6.42 Å². The summed E-state index contributed by atoms with van der Waals surface area (Å²) in [7, 11) is 0. The lowest BCUT2D eigenvalue weighted by atomic mass is 9.66. The fourth-order valence-electron chi connectivity index (χ4n) is 2.99. The quantitative estimate of drug-likeness (QED) is 0.667. The minimum Gasteiger partial charge on any atom is -0.350 e. The predicted octanol–water partition coefficient (Wildman–Crippen LogP) is 2.04. The van der Waals surface area contributed by atoms with Crippen molar-refractivity contribution in [2.45, 2.75) is 44.9 Å². The van der Waals surface area contributed by atoms with Crippen LogP contribution in [-0.4, -0.2) is 22.4 Å². The molecule has 0 aromatic rings. The maximum absolute atomic E-state index is 11.7. The summed E-state index contributed by atoms with van der Waals surface area (Å²) < 4.78 is 0. The molecule has 0 radical (unpaired) electrons. The van der Waals surface area contributed by atoms with Crippen molar-refractivity contribution in [1.29, 1.82) is 0 Å². The molecule has 80 valence electrons. The van der Waals surface area contributed by atoms with Gasteiger partial charge in [-0.1, -0.05) is 13.8 Å². The van der Waals surface area contributed by atoms with Crippen LogP contribution in [-0.2, 0) is 4.79 Å². The Morgan fingerprint density at radius 1 is 1.43 bits per heavy atom. The monoisotopic (exact) mass is 213 g/mol. The van der Waals surface area contributed by atoms with Gasteiger partial charge in [0.2, 0.25) is 5.91 Å². The second kappa shape index (κ2) is 2.91. The number of amides is 1. The van der Waals surface area contributed by atoms with Crippen LogP contribution < -0.4 is 5.32 Å². The Balaban J connectivity index is 2.36. The molecule has 2 aliphatic rings. The first-order chi connectivity index (χ1) is 6.39. The van der Waals surface area contributed by atoms with Crippen molar-refractivity contribution in [3.05, 3.63) is 0 Å². The summed E-state index contributed by atoms with van der Waals surface area (Å²) in [6.45, 7) is 8.70. The van der Waals surface area contributed by atoms with Crippen LogP contribution in [0.3, 0.4) is 0 Å². The van der Waals surface area contributed by atoms with E-state index in [9.17, 15) is 4.79 Å². The maximum Gasteiger partial charge on any atom is 0.223 e. The van der Waals surface area contributed by atoms with Crippen molar-refractivity contribution in [2.24, 2.45) is 11.3 Å². The molecule has 0 aliphatic carbocycles. The highest BCUT2D eigenvalue weighted by Crippen LogP contribution is 2.55. The van der Waals surface area contributed by atoms with Crippen LogP contribution in [0, 0.1) is 11.3 Å². The second-order valence-electron chi connectivity index (χ2n) is 5.32. The van der Waals surface area contributed by atoms with Crippen LogP contribution in [0.15, 0.2) is 0 Å². The highest BCUT2D eigenvalue weighted by atomic mass is 32.2. The van der Waals surface area contributed by atoms with E-state index < -0.39 is 0 Å². The number of carbonyl (C=O) groups is 1. The van der Waals surface area contributed by atoms with Crippen molar-refractivity contribution >= 4 is 17.7 Å². The minimum absolute atomic E-state index is 0.0265. The summed E-state index contributed by atoms with van der Waals surface area (Å²) in [4.78, 5) is 11.7. The second-order valence-corrected chi connectivity index (χ2v) is 6.74. The van der Waals surface area contributed by atoms with Gasteiger partial charge in [-0.25, -0.2) is 0 Å². The molecule has 2 fully saturated rings. The van der Waals surface area contributed by atoms with E-state index in [4.69, 9.17) is 0 Å². The highest BCUT2D eigenvalue weighted by molar-refractivity contribution is 8.00. The number of carbonyl (C=O) groups excluding carboxylic acids is 1. The molecule has 1 N–H and O–H groups in total. The van der Waals surface area contributed by atoms with Gasteiger partial charge in [-0.15, -0.1) is 0 Å². The number of nitrogens with one attached hydrogen (secondary N) is 1. The Morgan fingerprint density at radius 2 is 2.07 bits per heavy atom. The molecule has 2 nitrogen and oxygen atoms in total. The smallest absolute Gasteiger partial charge is 0.223 e. The van der Waals surface area contributed by atoms with Crippen LogP contribution >= 0.6 is 11.8 Å². The Bertz CT molecular complexity index is 276. The highest BCUT2D eigenvalue weighted by Gasteiger charge is 2.59. The Hall–Kier alpha value is -0.180. The van der Waals surface area contributed by atoms with E-state index in [1.54, 1.807) is 0 Å². The van der Waals surface area contributed by atoms with Crippen molar-refractivity contribution in [3.8, 4) is 0 Å². The Kier molecular flexibility index (Phi) is 2.15. The molecule has 2 rings (SSSR count). The maximum atomic E-state index is 11.7. The first-order valence-corrected chi connectivity index (χ1v) is 6.37. The molecule has 0 aromatic heterocycles. The van der Waals surface area contributed by atoms with E-state index in [0.29, 0.717) is 5.25 Å². The SMILES string of the molecule is CC1CC2(CS1)C(C)C(=O)NC2(C)C. The summed E-state index contributed by atoms with van der Waals surface area (Å²) in [6, 6.07) is 0. The standard InChI is InChI=1S/C11H19NOS/c1-7-5-11(6-14-7)8(2)9(13)12-10(11,3)4/h7-8H,5-6H2,1-4H3,(H,12,13). The third kappa shape index (κ3) is 1.14. The predicted molar refractivity (Wildman–Crippen MR) is 60.4 cm³/mol. The third-order valence-corrected chi connectivity index (χ3v) is 5.60. The van der Waals surface area contributed by atoms with Crippen LogP contribution in [0.1, 0.15) is 34.1 Å². The van der Waals surface area contributed by atoms with Crippen molar-refractivity contribution < 1.29 is 4.79 Å². The van der Waals surface area contributed by atoms with Gasteiger partial charge < -0.3 is 5.32 Å². The van der Waals surface area contributed by atoms with Crippen molar-refractivity contribution in [1.82, 2.24) is 5.32 Å². The van der Waals surface area contributed by atoms with Gasteiger partial charge in [0.05, 0.1) is 0 Å². The molecular weight excluding hydrogens is 194 g/mol. The molecule has 1 spiro atoms. The lowest BCUT2D eigenvalue weighted by molar-refractivity contribution is -0.123. The topological polar surface area (TPSA) is 29.1 Å². The number of rotatable bonds is 0. The van der Waals surface area contributed by atoms with Gasteiger partial charge in [-0.3, -0.25) is 4.79 Å². The average molecular weight is 213 g/mol. The molecule has 2 saturated heterocycles. The van der Waals surface area contributed by atoms with E-state index in [1.807, 2.05) is 11.8 Å². The molecule has 3 atom stereocenters. The number of hydrogen-bond acceptors (Lipinski definition) is 2. The Labute approximate surface area is 90.2 Å². The summed E-state index contributed by atoms with van der Waals surface area (Å²) in [5.41, 5.74) is 0.162. The Morgan fingerprint density at radius 3 is 2.43 bits per heavy atom. The molecule has 3 heteroatoms. The molecular formula is C11H19NOS. The molecule has 2 heterocycles. The molecule has 2 aliphatic heterocycles. The third-order valence-electron chi connectivity index (χ3n) is 4.18. The fourth-order valence-corrected chi connectivity index (χ4v) is 4.72. The summed E-state index contributed by atoms with van der Waals surface area (Å²) >= 11 is 2.01. The van der Waals surface area contributed by atoms with Gasteiger partial charge in [-0.2, -0.15) is 11.8 Å². The van der Waals surface area contributed by atoms with Crippen LogP contribution in [0.5, 0.6) is 0 Å². The first-order valence-electron chi connectivity index (χ1n) is 5.33. The van der Waals surface area contributed by atoms with Gasteiger partial charge in [0.25, 0.3) is 0 Å². The zero-order chi connectivity index (χ0) is 10.6. The largest absolute Gasteiger partial charge is 0.350 e. The van der Waals surface area contributed by atoms with Gasteiger partial charge in [0, 0.05) is 27.9 Å². The van der Waals surface area contributed by atoms with Gasteiger partial charge in [0.1, 0.15) is 0 Å². The first kappa shape index (κ1) is 10.3. The van der Waals surface area contributed by atoms with E-state index in [2.05, 4.69) is 33.0 Å². The van der Waals surface area contributed by atoms with Crippen LogP contribution in [0.25, 0.3) is 0 Å². The zero-order valence-corrected chi connectivity index (χ0v) is 10.2. The minimum atomic E-state index is -0.0265. The molecule has 1 amide bonds. The molecule has 14 heavy (non-hydrogen) atoms. The summed E-state index contributed by atoms with van der Waals surface area (Å²) in [6.07, 6.45) is 1.17. The van der Waals surface area contributed by atoms with E-state index >= 15 is 0 Å². The molecule has 0 aromatic carbocycles. The van der Waals surface area contributed by atoms with Crippen molar-refractivity contribution in [3.63, 3.8) is 0 Å². The average Bonchev–Trinajstić information content (AvgIpc) is 2.52. The van der Waals surface area contributed by atoms with E-state index in [0.717, 1.165) is 5.75 Å². The van der Waals surface area contributed by atoms with Gasteiger partial charge >= 0.3 is 0 Å². The lowest BCUT2D eigenvalue weighted by Crippen LogP contribution is -2.48. The van der Waals surface area contributed by atoms with Gasteiger partial charge in [-0.05, 0) is 20.3 Å². The molecule has 0 bridgehead atoms. The lowest BCUT2D eigenvalue weighted by Gasteiger charge is -2.39. The number of thioether (sulfide) groups is 1. The summed E-state index contributed by atoms with van der Waals surface area (Å²) in [5, 5.41) is 3.84. The van der Waals surface area contributed by atoms with Crippen molar-refractivity contribution in [2.75, 3.05) is 5.75 Å². The van der Waals surface area contributed by atoms with Crippen LogP contribution in [0.2, 0.25) is 0 Å². The van der Waals surface area contributed by atoms with E-state index in [-0.39, 0.29) is 22.8 Å². The van der Waals surface area contributed by atoms with Crippen LogP contribution in [0.4, 0.5) is 0 Å². The van der Waals surface area contributed by atoms with Gasteiger partial charge in [0.15, 0.2) is 0 Å². The zero-order valence-electron chi connectivity index (χ0n) is 9.39.